The first kappa shape index (κ1) is 8.24. The minimum atomic E-state index is 0.0227. The van der Waals surface area contributed by atoms with Crippen LogP contribution in [-0.4, -0.2) is 13.8 Å². The minimum Gasteiger partial charge on any atom is -0.456 e. The predicted molar refractivity (Wildman–Crippen MR) is 42.6 cm³/mol. The lowest BCUT2D eigenvalue weighted by Gasteiger charge is -2.18. The molecule has 0 unspecified atom stereocenters. The summed E-state index contributed by atoms with van der Waals surface area (Å²) in [4.78, 5) is 0. The molecular formula is C8H15NO2. The first-order valence-corrected chi connectivity index (χ1v) is 3.74. The molecule has 1 heterocycles. The van der Waals surface area contributed by atoms with Gasteiger partial charge >= 0.3 is 0 Å². The van der Waals surface area contributed by atoms with Crippen LogP contribution in [0.5, 0.6) is 0 Å². The third-order valence-electron chi connectivity index (χ3n) is 1.52. The van der Waals surface area contributed by atoms with E-state index in [4.69, 9.17) is 9.47 Å². The van der Waals surface area contributed by atoms with Gasteiger partial charge in [-0.2, -0.15) is 0 Å². The Hall–Kier alpha value is -0.860. The average molecular weight is 157 g/mol. The van der Waals surface area contributed by atoms with Crippen molar-refractivity contribution in [3.05, 3.63) is 11.6 Å². The molecule has 0 saturated heterocycles. The van der Waals surface area contributed by atoms with E-state index in [1.54, 1.807) is 0 Å². The summed E-state index contributed by atoms with van der Waals surface area (Å²) in [5.74, 6) is 1.66. The van der Waals surface area contributed by atoms with Crippen molar-refractivity contribution < 1.29 is 9.47 Å². The number of allylic oxidation sites excluding steroid dienone is 1. The highest BCUT2D eigenvalue weighted by atomic mass is 16.7. The second kappa shape index (κ2) is 2.64. The van der Waals surface area contributed by atoms with Gasteiger partial charge in [-0.3, -0.25) is 0 Å². The van der Waals surface area contributed by atoms with Crippen LogP contribution >= 0.6 is 0 Å². The standard InChI is InChI=1S/C8H15NO2/c1-8(2,3)6-7(9-4)11-5-10-6/h9H,5H2,1-4H3. The van der Waals surface area contributed by atoms with Gasteiger partial charge in [0, 0.05) is 12.5 Å². The summed E-state index contributed by atoms with van der Waals surface area (Å²) in [6, 6.07) is 0. The summed E-state index contributed by atoms with van der Waals surface area (Å²) in [6.07, 6.45) is 0. The van der Waals surface area contributed by atoms with Gasteiger partial charge in [0.05, 0.1) is 0 Å². The Balaban J connectivity index is 2.83. The van der Waals surface area contributed by atoms with E-state index >= 15 is 0 Å². The normalized spacial score (nSPS) is 17.8. The fraction of sp³-hybridized carbons (Fsp3) is 0.750. The van der Waals surface area contributed by atoms with Crippen LogP contribution in [0, 0.1) is 5.41 Å². The monoisotopic (exact) mass is 157 g/mol. The molecule has 0 aromatic carbocycles. The lowest BCUT2D eigenvalue weighted by Crippen LogP contribution is -2.15. The Morgan fingerprint density at radius 2 is 1.91 bits per heavy atom. The maximum absolute atomic E-state index is 5.32. The molecule has 1 rings (SSSR count). The molecule has 0 aliphatic carbocycles. The highest BCUT2D eigenvalue weighted by Crippen LogP contribution is 2.31. The Morgan fingerprint density at radius 3 is 2.27 bits per heavy atom. The van der Waals surface area contributed by atoms with Crippen LogP contribution in [0.2, 0.25) is 0 Å². The van der Waals surface area contributed by atoms with Gasteiger partial charge in [0.15, 0.2) is 5.76 Å². The molecule has 3 heteroatoms. The van der Waals surface area contributed by atoms with Gasteiger partial charge in [-0.05, 0) is 0 Å². The predicted octanol–water partition coefficient (Wildman–Crippen LogP) is 1.43. The van der Waals surface area contributed by atoms with E-state index in [0.717, 1.165) is 11.6 Å². The summed E-state index contributed by atoms with van der Waals surface area (Å²) >= 11 is 0. The molecule has 0 bridgehead atoms. The van der Waals surface area contributed by atoms with Crippen LogP contribution in [-0.2, 0) is 9.47 Å². The molecule has 1 aliphatic heterocycles. The van der Waals surface area contributed by atoms with E-state index in [0.29, 0.717) is 6.79 Å². The number of hydrogen-bond donors (Lipinski definition) is 1. The first-order chi connectivity index (χ1) is 5.05. The summed E-state index contributed by atoms with van der Waals surface area (Å²) in [6.45, 7) is 6.61. The smallest absolute Gasteiger partial charge is 0.232 e. The highest BCUT2D eigenvalue weighted by molar-refractivity contribution is 5.09. The Morgan fingerprint density at radius 1 is 1.27 bits per heavy atom. The molecule has 0 radical (unpaired) electrons. The Labute approximate surface area is 67.4 Å². The van der Waals surface area contributed by atoms with Gasteiger partial charge in [0.25, 0.3) is 0 Å². The molecule has 0 fully saturated rings. The van der Waals surface area contributed by atoms with Crippen LogP contribution in [0.15, 0.2) is 11.6 Å². The molecule has 3 nitrogen and oxygen atoms in total. The van der Waals surface area contributed by atoms with E-state index in [1.165, 1.54) is 0 Å². The molecule has 64 valence electrons. The van der Waals surface area contributed by atoms with Crippen molar-refractivity contribution in [2.45, 2.75) is 20.8 Å². The SMILES string of the molecule is CNC1=C(C(C)(C)C)OCO1. The summed E-state index contributed by atoms with van der Waals surface area (Å²) in [5.41, 5.74) is 0.0227. The second-order valence-electron chi connectivity index (χ2n) is 3.56. The summed E-state index contributed by atoms with van der Waals surface area (Å²) < 4.78 is 10.5. The zero-order valence-electron chi connectivity index (χ0n) is 7.52. The minimum absolute atomic E-state index is 0.0227. The second-order valence-corrected chi connectivity index (χ2v) is 3.56. The highest BCUT2D eigenvalue weighted by Gasteiger charge is 2.28. The van der Waals surface area contributed by atoms with Gasteiger partial charge in [-0.15, -0.1) is 0 Å². The molecule has 11 heavy (non-hydrogen) atoms. The molecule has 0 amide bonds. The number of nitrogens with one attached hydrogen (secondary N) is 1. The van der Waals surface area contributed by atoms with Crippen molar-refractivity contribution in [3.8, 4) is 0 Å². The molecule has 0 atom stereocenters. The Kier molecular flexibility index (Phi) is 1.98. The van der Waals surface area contributed by atoms with Crippen LogP contribution in [0.4, 0.5) is 0 Å². The van der Waals surface area contributed by atoms with E-state index in [2.05, 4.69) is 26.1 Å². The summed E-state index contributed by atoms with van der Waals surface area (Å²) in [5, 5.41) is 2.95. The number of rotatable bonds is 1. The third-order valence-corrected chi connectivity index (χ3v) is 1.52. The molecule has 0 saturated carbocycles. The fourth-order valence-electron chi connectivity index (χ4n) is 1.02. The molecule has 0 aromatic heterocycles. The largest absolute Gasteiger partial charge is 0.456 e. The molecule has 0 spiro atoms. The van der Waals surface area contributed by atoms with Crippen LogP contribution < -0.4 is 5.32 Å². The molecule has 1 aliphatic rings. The zero-order chi connectivity index (χ0) is 8.48. The van der Waals surface area contributed by atoms with Gasteiger partial charge in [-0.1, -0.05) is 20.8 Å². The van der Waals surface area contributed by atoms with Crippen molar-refractivity contribution in [1.29, 1.82) is 0 Å². The number of ether oxygens (including phenoxy) is 2. The lowest BCUT2D eigenvalue weighted by molar-refractivity contribution is 0.0534. The van der Waals surface area contributed by atoms with E-state index in [9.17, 15) is 0 Å². The van der Waals surface area contributed by atoms with Crippen molar-refractivity contribution in [1.82, 2.24) is 5.32 Å². The van der Waals surface area contributed by atoms with Gasteiger partial charge < -0.3 is 14.8 Å². The maximum atomic E-state index is 5.32. The molecule has 1 N–H and O–H groups in total. The lowest BCUT2D eigenvalue weighted by atomic mass is 9.94. The zero-order valence-corrected chi connectivity index (χ0v) is 7.52. The fourth-order valence-corrected chi connectivity index (χ4v) is 1.02. The molecular weight excluding hydrogens is 142 g/mol. The average Bonchev–Trinajstić information content (AvgIpc) is 2.31. The quantitative estimate of drug-likeness (QED) is 0.624. The van der Waals surface area contributed by atoms with Crippen LogP contribution in [0.1, 0.15) is 20.8 Å². The van der Waals surface area contributed by atoms with E-state index in [1.807, 2.05) is 7.05 Å². The van der Waals surface area contributed by atoms with Crippen molar-refractivity contribution in [3.63, 3.8) is 0 Å². The summed E-state index contributed by atoms with van der Waals surface area (Å²) in [7, 11) is 1.83. The van der Waals surface area contributed by atoms with Crippen LogP contribution in [0.25, 0.3) is 0 Å². The molecule has 0 aromatic rings. The van der Waals surface area contributed by atoms with Crippen molar-refractivity contribution >= 4 is 0 Å². The van der Waals surface area contributed by atoms with Crippen molar-refractivity contribution in [2.75, 3.05) is 13.8 Å². The van der Waals surface area contributed by atoms with E-state index < -0.39 is 0 Å². The van der Waals surface area contributed by atoms with Gasteiger partial charge in [0.2, 0.25) is 12.7 Å². The van der Waals surface area contributed by atoms with Crippen LogP contribution in [0.3, 0.4) is 0 Å². The van der Waals surface area contributed by atoms with Gasteiger partial charge in [0.1, 0.15) is 0 Å². The van der Waals surface area contributed by atoms with Crippen molar-refractivity contribution in [2.24, 2.45) is 5.41 Å². The van der Waals surface area contributed by atoms with Gasteiger partial charge in [-0.25, -0.2) is 0 Å². The van der Waals surface area contributed by atoms with E-state index in [-0.39, 0.29) is 5.41 Å². The number of hydrogen-bond acceptors (Lipinski definition) is 3. The third kappa shape index (κ3) is 1.59. The maximum Gasteiger partial charge on any atom is 0.232 e. The first-order valence-electron chi connectivity index (χ1n) is 3.74. The Bertz CT molecular complexity index is 179. The topological polar surface area (TPSA) is 30.5 Å².